The lowest BCUT2D eigenvalue weighted by molar-refractivity contribution is -0.384. The summed E-state index contributed by atoms with van der Waals surface area (Å²) in [7, 11) is 0. The molecule has 21 heavy (non-hydrogen) atoms. The standard InChI is InChI=1S/C14H10ClNO5/c15-13-6-5-11(7-12(13)14(17)18)21-8-9-1-3-10(4-2-9)16(19)20/h1-7H,8H2,(H,17,18). The van der Waals surface area contributed by atoms with Crippen molar-refractivity contribution in [1.29, 1.82) is 0 Å². The summed E-state index contributed by atoms with van der Waals surface area (Å²) in [6, 6.07) is 10.2. The maximum absolute atomic E-state index is 10.9. The van der Waals surface area contributed by atoms with Crippen molar-refractivity contribution in [3.8, 4) is 5.75 Å². The van der Waals surface area contributed by atoms with E-state index >= 15 is 0 Å². The van der Waals surface area contributed by atoms with Crippen molar-refractivity contribution < 1.29 is 19.6 Å². The second kappa shape index (κ2) is 6.23. The van der Waals surface area contributed by atoms with Crippen molar-refractivity contribution in [2.45, 2.75) is 6.61 Å². The van der Waals surface area contributed by atoms with Crippen LogP contribution >= 0.6 is 11.6 Å². The molecule has 0 spiro atoms. The number of benzene rings is 2. The van der Waals surface area contributed by atoms with Crippen LogP contribution in [-0.4, -0.2) is 16.0 Å². The van der Waals surface area contributed by atoms with E-state index in [4.69, 9.17) is 21.4 Å². The van der Waals surface area contributed by atoms with Crippen molar-refractivity contribution in [2.75, 3.05) is 0 Å². The predicted octanol–water partition coefficient (Wildman–Crippen LogP) is 3.53. The molecule has 0 unspecified atom stereocenters. The Hall–Kier alpha value is -2.60. The fourth-order valence-corrected chi connectivity index (χ4v) is 1.84. The average Bonchev–Trinajstić information content (AvgIpc) is 2.46. The Kier molecular flexibility index (Phi) is 4.39. The predicted molar refractivity (Wildman–Crippen MR) is 75.8 cm³/mol. The molecule has 2 aromatic carbocycles. The number of rotatable bonds is 5. The third-order valence-corrected chi connectivity index (χ3v) is 3.05. The molecule has 0 atom stereocenters. The second-order valence-corrected chi connectivity index (χ2v) is 4.57. The second-order valence-electron chi connectivity index (χ2n) is 4.16. The van der Waals surface area contributed by atoms with Gasteiger partial charge in [0.2, 0.25) is 0 Å². The molecule has 0 aliphatic carbocycles. The molecule has 1 N–H and O–H groups in total. The van der Waals surface area contributed by atoms with E-state index in [1.165, 1.54) is 24.3 Å². The first-order valence-corrected chi connectivity index (χ1v) is 6.24. The van der Waals surface area contributed by atoms with E-state index in [2.05, 4.69) is 0 Å². The summed E-state index contributed by atoms with van der Waals surface area (Å²) in [6.07, 6.45) is 0. The van der Waals surface area contributed by atoms with E-state index in [1.807, 2.05) is 0 Å². The lowest BCUT2D eigenvalue weighted by atomic mass is 10.2. The van der Waals surface area contributed by atoms with Crippen molar-refractivity contribution in [2.24, 2.45) is 0 Å². The van der Waals surface area contributed by atoms with E-state index in [-0.39, 0.29) is 22.9 Å². The Bertz CT molecular complexity index is 684. The quantitative estimate of drug-likeness (QED) is 0.674. The zero-order valence-electron chi connectivity index (χ0n) is 10.7. The molecule has 0 radical (unpaired) electrons. The highest BCUT2D eigenvalue weighted by Crippen LogP contribution is 2.23. The highest BCUT2D eigenvalue weighted by Gasteiger charge is 2.10. The van der Waals surface area contributed by atoms with E-state index in [9.17, 15) is 14.9 Å². The van der Waals surface area contributed by atoms with Crippen LogP contribution in [0.5, 0.6) is 5.75 Å². The number of carboxylic acids is 1. The van der Waals surface area contributed by atoms with Crippen LogP contribution in [0.4, 0.5) is 5.69 Å². The summed E-state index contributed by atoms with van der Waals surface area (Å²) >= 11 is 5.76. The number of non-ortho nitro benzene ring substituents is 1. The number of hydrogen-bond acceptors (Lipinski definition) is 4. The van der Waals surface area contributed by atoms with Gasteiger partial charge >= 0.3 is 5.97 Å². The molecule has 0 heterocycles. The molecule has 0 saturated carbocycles. The SMILES string of the molecule is O=C(O)c1cc(OCc2ccc([N+](=O)[O-])cc2)ccc1Cl. The van der Waals surface area contributed by atoms with Gasteiger partial charge in [0.1, 0.15) is 12.4 Å². The summed E-state index contributed by atoms with van der Waals surface area (Å²) in [4.78, 5) is 21.0. The molecule has 0 fully saturated rings. The number of nitrogens with zero attached hydrogens (tertiary/aromatic N) is 1. The number of ether oxygens (including phenoxy) is 1. The number of carboxylic acid groups (broad SMARTS) is 1. The lowest BCUT2D eigenvalue weighted by Gasteiger charge is -2.08. The number of aromatic carboxylic acids is 1. The van der Waals surface area contributed by atoms with Gasteiger partial charge in [-0.25, -0.2) is 4.79 Å². The molecule has 2 rings (SSSR count). The molecule has 0 saturated heterocycles. The summed E-state index contributed by atoms with van der Waals surface area (Å²) in [6.45, 7) is 0.165. The van der Waals surface area contributed by atoms with Gasteiger partial charge in [-0.1, -0.05) is 11.6 Å². The zero-order chi connectivity index (χ0) is 15.4. The summed E-state index contributed by atoms with van der Waals surface area (Å²) in [5.41, 5.74) is 0.684. The molecule has 108 valence electrons. The number of nitro benzene ring substituents is 1. The first-order valence-electron chi connectivity index (χ1n) is 5.86. The topological polar surface area (TPSA) is 89.7 Å². The van der Waals surface area contributed by atoms with Gasteiger partial charge < -0.3 is 9.84 Å². The molecule has 0 bridgehead atoms. The zero-order valence-corrected chi connectivity index (χ0v) is 11.4. The molecule has 6 nitrogen and oxygen atoms in total. The number of halogens is 1. The maximum Gasteiger partial charge on any atom is 0.337 e. The molecule has 0 aliphatic heterocycles. The average molecular weight is 308 g/mol. The molecule has 0 amide bonds. The Labute approximate surface area is 124 Å². The monoisotopic (exact) mass is 307 g/mol. The Balaban J connectivity index is 2.07. The van der Waals surface area contributed by atoms with Gasteiger partial charge in [0, 0.05) is 12.1 Å². The summed E-state index contributed by atoms with van der Waals surface area (Å²) < 4.78 is 5.45. The van der Waals surface area contributed by atoms with Crippen molar-refractivity contribution in [3.63, 3.8) is 0 Å². The molecule has 7 heteroatoms. The van der Waals surface area contributed by atoms with Gasteiger partial charge in [0.15, 0.2) is 0 Å². The minimum absolute atomic E-state index is 0.00148. The van der Waals surface area contributed by atoms with Crippen LogP contribution in [0.15, 0.2) is 42.5 Å². The fraction of sp³-hybridized carbons (Fsp3) is 0.0714. The smallest absolute Gasteiger partial charge is 0.337 e. The number of carbonyl (C=O) groups is 1. The first kappa shape index (κ1) is 14.8. The molecular formula is C14H10ClNO5. The van der Waals surface area contributed by atoms with Gasteiger partial charge in [-0.05, 0) is 35.9 Å². The van der Waals surface area contributed by atoms with Gasteiger partial charge in [-0.2, -0.15) is 0 Å². The van der Waals surface area contributed by atoms with Crippen LogP contribution in [0.2, 0.25) is 5.02 Å². The van der Waals surface area contributed by atoms with Crippen LogP contribution in [0.1, 0.15) is 15.9 Å². The van der Waals surface area contributed by atoms with Crippen LogP contribution in [0, 0.1) is 10.1 Å². The van der Waals surface area contributed by atoms with Crippen LogP contribution < -0.4 is 4.74 Å². The van der Waals surface area contributed by atoms with Crippen molar-refractivity contribution in [1.82, 2.24) is 0 Å². The minimum Gasteiger partial charge on any atom is -0.489 e. The van der Waals surface area contributed by atoms with Crippen molar-refractivity contribution >= 4 is 23.3 Å². The summed E-state index contributed by atoms with van der Waals surface area (Å²) in [5, 5.41) is 19.6. The minimum atomic E-state index is -1.14. The van der Waals surface area contributed by atoms with E-state index in [0.717, 1.165) is 5.56 Å². The summed E-state index contributed by atoms with van der Waals surface area (Å²) in [5.74, 6) is -0.782. The van der Waals surface area contributed by atoms with E-state index < -0.39 is 10.9 Å². The number of hydrogen-bond donors (Lipinski definition) is 1. The third-order valence-electron chi connectivity index (χ3n) is 2.72. The number of nitro groups is 1. The largest absolute Gasteiger partial charge is 0.489 e. The van der Waals surface area contributed by atoms with Crippen molar-refractivity contribution in [3.05, 3.63) is 68.7 Å². The van der Waals surface area contributed by atoms with Gasteiger partial charge in [-0.15, -0.1) is 0 Å². The van der Waals surface area contributed by atoms with Crippen LogP contribution in [0.3, 0.4) is 0 Å². The highest BCUT2D eigenvalue weighted by atomic mass is 35.5. The van der Waals surface area contributed by atoms with Gasteiger partial charge in [-0.3, -0.25) is 10.1 Å². The Morgan fingerprint density at radius 2 is 1.90 bits per heavy atom. The normalized spacial score (nSPS) is 10.1. The molecular weight excluding hydrogens is 298 g/mol. The van der Waals surface area contributed by atoms with Gasteiger partial charge in [0.25, 0.3) is 5.69 Å². The molecule has 2 aromatic rings. The lowest BCUT2D eigenvalue weighted by Crippen LogP contribution is -2.00. The highest BCUT2D eigenvalue weighted by molar-refractivity contribution is 6.33. The maximum atomic E-state index is 10.9. The third kappa shape index (κ3) is 3.70. The Morgan fingerprint density at radius 1 is 1.24 bits per heavy atom. The molecule has 0 aromatic heterocycles. The fourth-order valence-electron chi connectivity index (χ4n) is 1.64. The first-order chi connectivity index (χ1) is 9.97. The Morgan fingerprint density at radius 3 is 2.48 bits per heavy atom. The molecule has 0 aliphatic rings. The van der Waals surface area contributed by atoms with E-state index in [0.29, 0.717) is 5.75 Å². The van der Waals surface area contributed by atoms with Crippen LogP contribution in [0.25, 0.3) is 0 Å². The van der Waals surface area contributed by atoms with Gasteiger partial charge in [0.05, 0.1) is 15.5 Å². The van der Waals surface area contributed by atoms with E-state index in [1.54, 1.807) is 18.2 Å². The van der Waals surface area contributed by atoms with Crippen LogP contribution in [-0.2, 0) is 6.61 Å².